The van der Waals surface area contributed by atoms with Gasteiger partial charge in [-0.1, -0.05) is 18.2 Å². The van der Waals surface area contributed by atoms with E-state index in [1.807, 2.05) is 0 Å². The number of fused-ring (bicyclic) bond motifs is 1. The summed E-state index contributed by atoms with van der Waals surface area (Å²) in [7, 11) is 2.15. The van der Waals surface area contributed by atoms with Gasteiger partial charge in [-0.25, -0.2) is 0 Å². The number of nitrogens with two attached hydrogens (primary N) is 1. The van der Waals surface area contributed by atoms with Gasteiger partial charge in [0.05, 0.1) is 0 Å². The first-order valence-electron chi connectivity index (χ1n) is 6.00. The van der Waals surface area contributed by atoms with Crippen molar-refractivity contribution < 1.29 is 0 Å². The van der Waals surface area contributed by atoms with Gasteiger partial charge in [-0.2, -0.15) is 0 Å². The van der Waals surface area contributed by atoms with E-state index < -0.39 is 0 Å². The summed E-state index contributed by atoms with van der Waals surface area (Å²) in [5.41, 5.74) is 9.01. The van der Waals surface area contributed by atoms with Gasteiger partial charge in [0.2, 0.25) is 0 Å². The fraction of sp³-hybridized carbons (Fsp3) is 0.429. The van der Waals surface area contributed by atoms with Crippen LogP contribution in [0.5, 0.6) is 0 Å². The molecule has 1 heterocycles. The second-order valence-corrected chi connectivity index (χ2v) is 5.12. The molecule has 2 heteroatoms. The first kappa shape index (κ1) is 9.91. The van der Waals surface area contributed by atoms with Gasteiger partial charge in [-0.3, -0.25) is 0 Å². The first-order valence-corrected chi connectivity index (χ1v) is 6.00. The zero-order valence-electron chi connectivity index (χ0n) is 9.74. The van der Waals surface area contributed by atoms with Crippen molar-refractivity contribution in [2.75, 3.05) is 0 Å². The molecule has 1 aromatic carbocycles. The molecule has 0 unspecified atom stereocenters. The van der Waals surface area contributed by atoms with Crippen molar-refractivity contribution in [3.05, 3.63) is 36.0 Å². The SMILES string of the molecule is Cn1c(CCC2(N)CC2)cc2ccccc21. The van der Waals surface area contributed by atoms with E-state index in [9.17, 15) is 0 Å². The zero-order chi connectivity index (χ0) is 11.2. The Bertz CT molecular complexity index is 521. The van der Waals surface area contributed by atoms with E-state index in [0.29, 0.717) is 0 Å². The maximum Gasteiger partial charge on any atom is 0.0479 e. The second-order valence-electron chi connectivity index (χ2n) is 5.12. The van der Waals surface area contributed by atoms with Gasteiger partial charge in [0, 0.05) is 23.8 Å². The van der Waals surface area contributed by atoms with Crippen molar-refractivity contribution >= 4 is 10.9 Å². The lowest BCUT2D eigenvalue weighted by molar-refractivity contribution is 0.596. The predicted octanol–water partition coefficient (Wildman–Crippen LogP) is 2.60. The van der Waals surface area contributed by atoms with Crippen molar-refractivity contribution in [3.63, 3.8) is 0 Å². The standard InChI is InChI=1S/C14H18N2/c1-16-12(6-7-14(15)8-9-14)10-11-4-2-3-5-13(11)16/h2-5,10H,6-9,15H2,1H3. The van der Waals surface area contributed by atoms with Crippen molar-refractivity contribution in [2.45, 2.75) is 31.2 Å². The smallest absolute Gasteiger partial charge is 0.0479 e. The normalized spacial score (nSPS) is 17.9. The summed E-state index contributed by atoms with van der Waals surface area (Å²) in [5.74, 6) is 0. The van der Waals surface area contributed by atoms with Crippen LogP contribution in [0.15, 0.2) is 30.3 Å². The molecule has 0 aliphatic heterocycles. The van der Waals surface area contributed by atoms with Crippen molar-refractivity contribution in [2.24, 2.45) is 12.8 Å². The molecule has 1 aromatic heterocycles. The first-order chi connectivity index (χ1) is 7.68. The van der Waals surface area contributed by atoms with Gasteiger partial charge in [-0.15, -0.1) is 0 Å². The van der Waals surface area contributed by atoms with E-state index in [1.165, 1.54) is 29.4 Å². The maximum absolute atomic E-state index is 6.13. The van der Waals surface area contributed by atoms with Crippen LogP contribution in [0, 0.1) is 0 Å². The number of rotatable bonds is 3. The zero-order valence-corrected chi connectivity index (χ0v) is 9.74. The number of aryl methyl sites for hydroxylation is 2. The van der Waals surface area contributed by atoms with Crippen LogP contribution in [-0.2, 0) is 13.5 Å². The summed E-state index contributed by atoms with van der Waals surface area (Å²) in [6.07, 6.45) is 4.63. The molecular weight excluding hydrogens is 196 g/mol. The van der Waals surface area contributed by atoms with Crippen LogP contribution in [-0.4, -0.2) is 10.1 Å². The molecule has 1 fully saturated rings. The molecule has 1 aliphatic rings. The molecule has 0 amide bonds. The van der Waals surface area contributed by atoms with E-state index in [-0.39, 0.29) is 5.54 Å². The summed E-state index contributed by atoms with van der Waals surface area (Å²) in [6, 6.07) is 10.8. The molecule has 2 nitrogen and oxygen atoms in total. The molecule has 16 heavy (non-hydrogen) atoms. The number of benzene rings is 1. The average molecular weight is 214 g/mol. The molecule has 0 bridgehead atoms. The highest BCUT2D eigenvalue weighted by molar-refractivity contribution is 5.81. The van der Waals surface area contributed by atoms with E-state index in [4.69, 9.17) is 5.73 Å². The largest absolute Gasteiger partial charge is 0.348 e. The fourth-order valence-electron chi connectivity index (χ4n) is 2.37. The number of aromatic nitrogens is 1. The quantitative estimate of drug-likeness (QED) is 0.836. The molecule has 2 N–H and O–H groups in total. The average Bonchev–Trinajstić information content (AvgIpc) is 2.94. The Kier molecular flexibility index (Phi) is 2.08. The minimum absolute atomic E-state index is 0.163. The van der Waals surface area contributed by atoms with Crippen LogP contribution < -0.4 is 5.73 Å². The monoisotopic (exact) mass is 214 g/mol. The summed E-state index contributed by atoms with van der Waals surface area (Å²) < 4.78 is 2.29. The summed E-state index contributed by atoms with van der Waals surface area (Å²) in [4.78, 5) is 0. The Balaban J connectivity index is 1.88. The third kappa shape index (κ3) is 1.63. The maximum atomic E-state index is 6.13. The Hall–Kier alpha value is -1.28. The second kappa shape index (κ2) is 3.36. The lowest BCUT2D eigenvalue weighted by atomic mass is 10.1. The van der Waals surface area contributed by atoms with Crippen LogP contribution in [0.25, 0.3) is 10.9 Å². The topological polar surface area (TPSA) is 30.9 Å². The lowest BCUT2D eigenvalue weighted by Gasteiger charge is -2.08. The molecule has 1 aliphatic carbocycles. The molecule has 3 rings (SSSR count). The van der Waals surface area contributed by atoms with Crippen LogP contribution in [0.3, 0.4) is 0 Å². The molecule has 84 valence electrons. The van der Waals surface area contributed by atoms with Gasteiger partial charge < -0.3 is 10.3 Å². The highest BCUT2D eigenvalue weighted by Crippen LogP contribution is 2.36. The van der Waals surface area contributed by atoms with Gasteiger partial charge in [0.1, 0.15) is 0 Å². The molecule has 0 atom stereocenters. The third-order valence-electron chi connectivity index (χ3n) is 3.82. The van der Waals surface area contributed by atoms with E-state index in [0.717, 1.165) is 12.8 Å². The highest BCUT2D eigenvalue weighted by atomic mass is 14.9. The summed E-state index contributed by atoms with van der Waals surface area (Å²) in [6.45, 7) is 0. The Morgan fingerprint density at radius 1 is 1.31 bits per heavy atom. The number of hydrogen-bond donors (Lipinski definition) is 1. The summed E-state index contributed by atoms with van der Waals surface area (Å²) >= 11 is 0. The van der Waals surface area contributed by atoms with Gasteiger partial charge >= 0.3 is 0 Å². The molecular formula is C14H18N2. The molecule has 0 spiro atoms. The Morgan fingerprint density at radius 3 is 2.75 bits per heavy atom. The van der Waals surface area contributed by atoms with Crippen LogP contribution in [0.4, 0.5) is 0 Å². The number of nitrogens with zero attached hydrogens (tertiary/aromatic N) is 1. The van der Waals surface area contributed by atoms with Crippen LogP contribution in [0.2, 0.25) is 0 Å². The Morgan fingerprint density at radius 2 is 2.06 bits per heavy atom. The van der Waals surface area contributed by atoms with Crippen molar-refractivity contribution in [1.29, 1.82) is 0 Å². The number of para-hydroxylation sites is 1. The van der Waals surface area contributed by atoms with Gasteiger partial charge in [0.25, 0.3) is 0 Å². The van der Waals surface area contributed by atoms with E-state index in [1.54, 1.807) is 0 Å². The van der Waals surface area contributed by atoms with Crippen molar-refractivity contribution in [3.8, 4) is 0 Å². The lowest BCUT2D eigenvalue weighted by Crippen LogP contribution is -2.22. The van der Waals surface area contributed by atoms with Crippen LogP contribution >= 0.6 is 0 Å². The predicted molar refractivity (Wildman–Crippen MR) is 67.4 cm³/mol. The van der Waals surface area contributed by atoms with E-state index in [2.05, 4.69) is 41.9 Å². The van der Waals surface area contributed by atoms with Gasteiger partial charge in [-0.05, 0) is 43.2 Å². The van der Waals surface area contributed by atoms with Gasteiger partial charge in [0.15, 0.2) is 0 Å². The molecule has 0 saturated heterocycles. The van der Waals surface area contributed by atoms with Crippen LogP contribution in [0.1, 0.15) is 25.0 Å². The molecule has 0 radical (unpaired) electrons. The summed E-state index contributed by atoms with van der Waals surface area (Å²) in [5, 5.41) is 1.34. The number of hydrogen-bond acceptors (Lipinski definition) is 1. The molecule has 2 aromatic rings. The highest BCUT2D eigenvalue weighted by Gasteiger charge is 2.37. The fourth-order valence-corrected chi connectivity index (χ4v) is 2.37. The van der Waals surface area contributed by atoms with E-state index >= 15 is 0 Å². The van der Waals surface area contributed by atoms with Crippen molar-refractivity contribution in [1.82, 2.24) is 4.57 Å². The Labute approximate surface area is 96.1 Å². The third-order valence-corrected chi connectivity index (χ3v) is 3.82. The molecule has 1 saturated carbocycles. The minimum atomic E-state index is 0.163. The minimum Gasteiger partial charge on any atom is -0.348 e.